The summed E-state index contributed by atoms with van der Waals surface area (Å²) in [6.45, 7) is 10.7. The molecule has 3 aliphatic carbocycles. The highest BCUT2D eigenvalue weighted by atomic mass is 19.1. The van der Waals surface area contributed by atoms with Crippen molar-refractivity contribution in [3.63, 3.8) is 0 Å². The molecule has 0 radical (unpaired) electrons. The van der Waals surface area contributed by atoms with Gasteiger partial charge in [0.05, 0.1) is 18.2 Å². The molecule has 322 valence electrons. The SMILES string of the molecule is C=CCOC12Oc3ccc(OCCN4CC4)cc3C3C(CCCCO)C(CCCCO)C=C(C(=NOCC)CC1N(Cc1ccc(F)cc1)C(=O)CCC1CCCC1)C32. The number of carbonyl (C=O) groups is 1. The van der Waals surface area contributed by atoms with Crippen LogP contribution in [-0.4, -0.2) is 96.1 Å². The molecule has 59 heavy (non-hydrogen) atoms. The first-order valence-corrected chi connectivity index (χ1v) is 22.5. The third-order valence-electron chi connectivity index (χ3n) is 13.4. The van der Waals surface area contributed by atoms with Gasteiger partial charge in [-0.2, -0.15) is 0 Å². The Hall–Kier alpha value is -3.77. The van der Waals surface area contributed by atoms with Crippen LogP contribution in [0.4, 0.5) is 4.39 Å². The molecule has 6 unspecified atom stereocenters. The quantitative estimate of drug-likeness (QED) is 0.0501. The van der Waals surface area contributed by atoms with Gasteiger partial charge in [0.2, 0.25) is 11.7 Å². The van der Waals surface area contributed by atoms with Crippen LogP contribution in [0.25, 0.3) is 0 Å². The summed E-state index contributed by atoms with van der Waals surface area (Å²) in [6.07, 6.45) is 15.2. The number of amides is 1. The first kappa shape index (κ1) is 43.3. The van der Waals surface area contributed by atoms with Gasteiger partial charge in [-0.25, -0.2) is 4.39 Å². The highest BCUT2D eigenvalue weighted by Gasteiger charge is 2.65. The van der Waals surface area contributed by atoms with Gasteiger partial charge in [-0.05, 0) is 98.2 Å². The van der Waals surface area contributed by atoms with Crippen LogP contribution in [0.2, 0.25) is 0 Å². The molecule has 0 spiro atoms. The second-order valence-corrected chi connectivity index (χ2v) is 17.2. The fourth-order valence-electron chi connectivity index (χ4n) is 10.4. The van der Waals surface area contributed by atoms with Crippen LogP contribution in [0.15, 0.2) is 71.9 Å². The van der Waals surface area contributed by atoms with Crippen LogP contribution in [0, 0.1) is 29.5 Å². The number of fused-ring (bicyclic) bond motifs is 2. The Morgan fingerprint density at radius 1 is 1.05 bits per heavy atom. The minimum absolute atomic E-state index is 0.00859. The van der Waals surface area contributed by atoms with Crippen molar-refractivity contribution in [1.29, 1.82) is 0 Å². The molecule has 2 N–H and O–H groups in total. The largest absolute Gasteiger partial charge is 0.492 e. The van der Waals surface area contributed by atoms with E-state index in [-0.39, 0.29) is 55.8 Å². The number of ether oxygens (including phenoxy) is 3. The van der Waals surface area contributed by atoms with E-state index >= 15 is 0 Å². The van der Waals surface area contributed by atoms with Gasteiger partial charge in [-0.1, -0.05) is 68.0 Å². The number of unbranched alkanes of at least 4 members (excludes halogenated alkanes) is 2. The van der Waals surface area contributed by atoms with Crippen LogP contribution in [0.1, 0.15) is 107 Å². The predicted octanol–water partition coefficient (Wildman–Crippen LogP) is 8.17. The van der Waals surface area contributed by atoms with E-state index in [1.807, 2.05) is 24.0 Å². The zero-order valence-corrected chi connectivity index (χ0v) is 35.1. The lowest BCUT2D eigenvalue weighted by Crippen LogP contribution is -2.70. The number of carbonyl (C=O) groups excluding carboxylic acids is 1. The third kappa shape index (κ3) is 10.2. The van der Waals surface area contributed by atoms with Crippen LogP contribution in [-0.2, 0) is 20.9 Å². The van der Waals surface area contributed by atoms with Gasteiger partial charge in [-0.15, -0.1) is 6.58 Å². The molecule has 6 atom stereocenters. The maximum atomic E-state index is 15.0. The summed E-state index contributed by atoms with van der Waals surface area (Å²) in [5, 5.41) is 24.7. The molecule has 2 aliphatic heterocycles. The van der Waals surface area contributed by atoms with Crippen molar-refractivity contribution in [3.8, 4) is 11.5 Å². The molecule has 7 rings (SSSR count). The van der Waals surface area contributed by atoms with Crippen molar-refractivity contribution in [2.45, 2.75) is 115 Å². The number of nitrogens with zero attached hydrogens (tertiary/aromatic N) is 3. The summed E-state index contributed by atoms with van der Waals surface area (Å²) in [4.78, 5) is 25.2. The van der Waals surface area contributed by atoms with E-state index < -0.39 is 17.7 Å². The van der Waals surface area contributed by atoms with Gasteiger partial charge >= 0.3 is 0 Å². The van der Waals surface area contributed by atoms with Gasteiger partial charge in [0, 0.05) is 63.7 Å². The molecular weight excluding hydrogens is 750 g/mol. The second-order valence-electron chi connectivity index (χ2n) is 17.2. The Morgan fingerprint density at radius 2 is 1.81 bits per heavy atom. The first-order valence-electron chi connectivity index (χ1n) is 22.5. The first-order chi connectivity index (χ1) is 28.9. The molecule has 11 heteroatoms. The number of allylic oxidation sites excluding steroid dienone is 1. The summed E-state index contributed by atoms with van der Waals surface area (Å²) >= 11 is 0. The molecular formula is C48H66FN3O7. The van der Waals surface area contributed by atoms with Gasteiger partial charge < -0.3 is 34.2 Å². The van der Waals surface area contributed by atoms with Crippen LogP contribution in [0.3, 0.4) is 0 Å². The highest BCUT2D eigenvalue weighted by Crippen LogP contribution is 2.62. The maximum Gasteiger partial charge on any atom is 0.239 e. The van der Waals surface area contributed by atoms with E-state index in [1.165, 1.54) is 25.0 Å². The van der Waals surface area contributed by atoms with E-state index in [0.717, 1.165) is 92.7 Å². The number of oxime groups is 1. The molecule has 2 heterocycles. The van der Waals surface area contributed by atoms with Crippen molar-refractivity contribution >= 4 is 11.6 Å². The fraction of sp³-hybridized carbons (Fsp3) is 0.625. The number of aliphatic hydroxyl groups excluding tert-OH is 2. The molecule has 1 amide bonds. The Balaban J connectivity index is 1.39. The molecule has 5 aliphatic rings. The van der Waals surface area contributed by atoms with Crippen molar-refractivity contribution in [2.75, 3.05) is 52.7 Å². The van der Waals surface area contributed by atoms with E-state index in [9.17, 15) is 19.4 Å². The van der Waals surface area contributed by atoms with Gasteiger partial charge in [-0.3, -0.25) is 9.69 Å². The molecule has 2 saturated carbocycles. The number of aliphatic hydroxyl groups is 2. The smallest absolute Gasteiger partial charge is 0.239 e. The highest BCUT2D eigenvalue weighted by molar-refractivity contribution is 6.03. The average Bonchev–Trinajstić information content (AvgIpc) is 3.92. The number of halogens is 1. The normalized spacial score (nSPS) is 26.7. The topological polar surface area (TPSA) is 113 Å². The summed E-state index contributed by atoms with van der Waals surface area (Å²) < 4.78 is 35.3. The zero-order chi connectivity index (χ0) is 41.2. The van der Waals surface area contributed by atoms with Crippen molar-refractivity contribution in [1.82, 2.24) is 9.80 Å². The fourth-order valence-corrected chi connectivity index (χ4v) is 10.4. The number of hydrogen-bond acceptors (Lipinski definition) is 9. The summed E-state index contributed by atoms with van der Waals surface area (Å²) in [7, 11) is 0. The molecule has 1 saturated heterocycles. The van der Waals surface area contributed by atoms with E-state index in [0.29, 0.717) is 50.6 Å². The summed E-state index contributed by atoms with van der Waals surface area (Å²) in [6, 6.07) is 11.9. The van der Waals surface area contributed by atoms with Gasteiger partial charge in [0.15, 0.2) is 0 Å². The Bertz CT molecular complexity index is 1760. The predicted molar refractivity (Wildman–Crippen MR) is 227 cm³/mol. The number of rotatable bonds is 23. The lowest BCUT2D eigenvalue weighted by Gasteiger charge is -2.60. The second kappa shape index (κ2) is 20.7. The lowest BCUT2D eigenvalue weighted by molar-refractivity contribution is -0.258. The Labute approximate surface area is 350 Å². The van der Waals surface area contributed by atoms with Crippen molar-refractivity contribution in [3.05, 3.63) is 83.7 Å². The molecule has 0 aromatic heterocycles. The van der Waals surface area contributed by atoms with Crippen LogP contribution >= 0.6 is 0 Å². The number of hydrogen-bond donors (Lipinski definition) is 2. The van der Waals surface area contributed by atoms with Crippen molar-refractivity contribution in [2.24, 2.45) is 28.8 Å². The van der Waals surface area contributed by atoms with E-state index in [1.54, 1.807) is 18.2 Å². The molecule has 10 nitrogen and oxygen atoms in total. The zero-order valence-electron chi connectivity index (χ0n) is 35.1. The van der Waals surface area contributed by atoms with Gasteiger partial charge in [0.1, 0.15) is 36.6 Å². The minimum Gasteiger partial charge on any atom is -0.492 e. The molecule has 3 fully saturated rings. The maximum absolute atomic E-state index is 15.0. The minimum atomic E-state index is -1.35. The monoisotopic (exact) mass is 815 g/mol. The standard InChI is InChI=1S/C48H66FN3O7/c1-3-28-57-48-44(52(33-35-15-18-37(49)19-16-35)45(55)22-17-34-11-5-6-12-34)32-42(50-58-4-2)40-30-36(13-7-9-26-53)39(14-8-10-27-54)46(47(40)48)41-31-38(20-21-43(41)59-48)56-29-25-51-23-24-51/h3,15-16,18-21,30-31,34,36,39,44,46-47,53-54H,1,4-14,17,22-29,32-33H2,2H3. The summed E-state index contributed by atoms with van der Waals surface area (Å²) in [5.74, 6) is 0.0645. The van der Waals surface area contributed by atoms with Crippen LogP contribution in [0.5, 0.6) is 11.5 Å². The number of benzene rings is 2. The van der Waals surface area contributed by atoms with Gasteiger partial charge in [0.25, 0.3) is 0 Å². The lowest BCUT2D eigenvalue weighted by atomic mass is 9.55. The molecule has 2 aromatic carbocycles. The summed E-state index contributed by atoms with van der Waals surface area (Å²) in [5.41, 5.74) is 3.64. The third-order valence-corrected chi connectivity index (χ3v) is 13.4. The molecule has 2 aromatic rings. The van der Waals surface area contributed by atoms with E-state index in [2.05, 4.69) is 23.6 Å². The average molecular weight is 816 g/mol. The van der Waals surface area contributed by atoms with Crippen LogP contribution < -0.4 is 9.47 Å². The van der Waals surface area contributed by atoms with Crippen molar-refractivity contribution < 1.29 is 38.4 Å². The van der Waals surface area contributed by atoms with E-state index in [4.69, 9.17) is 24.2 Å². The Kier molecular flexibility index (Phi) is 15.2. The Morgan fingerprint density at radius 3 is 2.53 bits per heavy atom. The molecule has 0 bridgehead atoms.